The van der Waals surface area contributed by atoms with Gasteiger partial charge in [0.1, 0.15) is 5.82 Å². The molecule has 0 radical (unpaired) electrons. The van der Waals surface area contributed by atoms with Crippen molar-refractivity contribution >= 4 is 17.1 Å². The van der Waals surface area contributed by atoms with Gasteiger partial charge in [0.2, 0.25) is 0 Å². The van der Waals surface area contributed by atoms with Crippen molar-refractivity contribution < 1.29 is 0 Å². The molecular formula is C11H12ClN3. The third-order valence-corrected chi connectivity index (χ3v) is 3.45. The number of hydrogen-bond acceptors (Lipinski definition) is 2. The van der Waals surface area contributed by atoms with Crippen molar-refractivity contribution in [1.82, 2.24) is 9.38 Å². The summed E-state index contributed by atoms with van der Waals surface area (Å²) < 4.78 is 2.09. The molecule has 2 N–H and O–H groups in total. The number of nitrogens with two attached hydrogens (primary N) is 1. The van der Waals surface area contributed by atoms with Crippen LogP contribution in [0.3, 0.4) is 0 Å². The SMILES string of the molecule is NCC1(c2ncc3cc(Cl)ccn23)CC1. The van der Waals surface area contributed by atoms with Crippen molar-refractivity contribution in [2.45, 2.75) is 18.3 Å². The first-order valence-electron chi connectivity index (χ1n) is 5.08. The highest BCUT2D eigenvalue weighted by Gasteiger charge is 2.46. The summed E-state index contributed by atoms with van der Waals surface area (Å²) in [6.07, 6.45) is 6.11. The molecule has 0 atom stereocenters. The van der Waals surface area contributed by atoms with E-state index >= 15 is 0 Å². The zero-order chi connectivity index (χ0) is 10.5. The number of nitrogens with zero attached hydrogens (tertiary/aromatic N) is 2. The Balaban J connectivity index is 2.21. The molecule has 0 spiro atoms. The van der Waals surface area contributed by atoms with Gasteiger partial charge in [0, 0.05) is 23.2 Å². The van der Waals surface area contributed by atoms with E-state index in [1.54, 1.807) is 0 Å². The Morgan fingerprint density at radius 1 is 1.53 bits per heavy atom. The lowest BCUT2D eigenvalue weighted by molar-refractivity contribution is 0.646. The standard InChI is InChI=1S/C11H12ClN3/c12-8-1-4-15-9(5-8)6-14-10(15)11(7-13)2-3-11/h1,4-6H,2-3,7,13H2. The minimum atomic E-state index is 0.125. The number of aromatic nitrogens is 2. The fourth-order valence-electron chi connectivity index (χ4n) is 2.03. The average molecular weight is 222 g/mol. The Bertz CT molecular complexity index is 514. The van der Waals surface area contributed by atoms with Crippen LogP contribution in [0.5, 0.6) is 0 Å². The van der Waals surface area contributed by atoms with Crippen molar-refractivity contribution in [3.05, 3.63) is 35.4 Å². The molecule has 1 aliphatic rings. The van der Waals surface area contributed by atoms with Gasteiger partial charge in [0.25, 0.3) is 0 Å². The van der Waals surface area contributed by atoms with Gasteiger partial charge in [-0.1, -0.05) is 11.6 Å². The number of pyridine rings is 1. The first-order valence-corrected chi connectivity index (χ1v) is 5.46. The van der Waals surface area contributed by atoms with Crippen LogP contribution in [0.25, 0.3) is 5.52 Å². The van der Waals surface area contributed by atoms with Gasteiger partial charge in [0.05, 0.1) is 11.7 Å². The second-order valence-electron chi connectivity index (χ2n) is 4.21. The summed E-state index contributed by atoms with van der Waals surface area (Å²) in [5.41, 5.74) is 6.97. The van der Waals surface area contributed by atoms with Crippen LogP contribution in [0.4, 0.5) is 0 Å². The summed E-state index contributed by atoms with van der Waals surface area (Å²) in [6.45, 7) is 0.675. The first-order chi connectivity index (χ1) is 7.25. The molecule has 0 aromatic carbocycles. The van der Waals surface area contributed by atoms with Crippen molar-refractivity contribution in [3.8, 4) is 0 Å². The van der Waals surface area contributed by atoms with Crippen LogP contribution in [-0.4, -0.2) is 15.9 Å². The predicted octanol–water partition coefficient (Wildman–Crippen LogP) is 1.98. The molecule has 0 amide bonds. The Kier molecular flexibility index (Phi) is 1.82. The molecule has 0 aliphatic heterocycles. The highest BCUT2D eigenvalue weighted by atomic mass is 35.5. The minimum Gasteiger partial charge on any atom is -0.329 e. The van der Waals surface area contributed by atoms with Crippen LogP contribution >= 0.6 is 11.6 Å². The summed E-state index contributed by atoms with van der Waals surface area (Å²) >= 11 is 5.93. The fraction of sp³-hybridized carbons (Fsp3) is 0.364. The lowest BCUT2D eigenvalue weighted by Crippen LogP contribution is -2.22. The number of hydrogen-bond donors (Lipinski definition) is 1. The summed E-state index contributed by atoms with van der Waals surface area (Å²) in [7, 11) is 0. The molecule has 78 valence electrons. The van der Waals surface area contributed by atoms with Crippen LogP contribution in [-0.2, 0) is 5.41 Å². The molecule has 1 aliphatic carbocycles. The van der Waals surface area contributed by atoms with Gasteiger partial charge in [-0.15, -0.1) is 0 Å². The summed E-state index contributed by atoms with van der Waals surface area (Å²) in [6, 6.07) is 3.80. The molecule has 3 rings (SSSR count). The first kappa shape index (κ1) is 9.19. The highest BCUT2D eigenvalue weighted by molar-refractivity contribution is 6.30. The van der Waals surface area contributed by atoms with E-state index in [4.69, 9.17) is 17.3 Å². The minimum absolute atomic E-state index is 0.125. The van der Waals surface area contributed by atoms with Gasteiger partial charge < -0.3 is 10.1 Å². The van der Waals surface area contributed by atoms with E-state index in [1.165, 1.54) is 0 Å². The molecule has 2 aromatic heterocycles. The molecule has 1 saturated carbocycles. The zero-order valence-electron chi connectivity index (χ0n) is 8.28. The highest BCUT2D eigenvalue weighted by Crippen LogP contribution is 2.46. The van der Waals surface area contributed by atoms with E-state index in [0.29, 0.717) is 6.54 Å². The lowest BCUT2D eigenvalue weighted by Gasteiger charge is -2.10. The maximum atomic E-state index is 5.93. The van der Waals surface area contributed by atoms with Crippen LogP contribution in [0, 0.1) is 0 Å². The van der Waals surface area contributed by atoms with Gasteiger partial charge >= 0.3 is 0 Å². The van der Waals surface area contributed by atoms with Gasteiger partial charge in [-0.25, -0.2) is 4.98 Å². The molecule has 1 fully saturated rings. The van der Waals surface area contributed by atoms with Gasteiger partial charge in [-0.3, -0.25) is 0 Å². The van der Waals surface area contributed by atoms with Crippen molar-refractivity contribution in [1.29, 1.82) is 0 Å². The predicted molar refractivity (Wildman–Crippen MR) is 60.2 cm³/mol. The monoisotopic (exact) mass is 221 g/mol. The summed E-state index contributed by atoms with van der Waals surface area (Å²) in [5.74, 6) is 1.08. The Morgan fingerprint density at radius 3 is 3.00 bits per heavy atom. The number of rotatable bonds is 2. The average Bonchev–Trinajstić information content (AvgIpc) is 2.93. The van der Waals surface area contributed by atoms with Crippen LogP contribution in [0.1, 0.15) is 18.7 Å². The smallest absolute Gasteiger partial charge is 0.120 e. The molecule has 2 aromatic rings. The van der Waals surface area contributed by atoms with Gasteiger partial charge in [0.15, 0.2) is 0 Å². The van der Waals surface area contributed by atoms with Crippen molar-refractivity contribution in [3.63, 3.8) is 0 Å². The van der Waals surface area contributed by atoms with Crippen LogP contribution in [0.15, 0.2) is 24.5 Å². The molecule has 4 heteroatoms. The third kappa shape index (κ3) is 1.27. The second-order valence-corrected chi connectivity index (χ2v) is 4.64. The Labute approximate surface area is 92.9 Å². The van der Waals surface area contributed by atoms with Crippen molar-refractivity contribution in [2.75, 3.05) is 6.54 Å². The zero-order valence-corrected chi connectivity index (χ0v) is 9.04. The topological polar surface area (TPSA) is 43.3 Å². The number of fused-ring (bicyclic) bond motifs is 1. The largest absolute Gasteiger partial charge is 0.329 e. The fourth-order valence-corrected chi connectivity index (χ4v) is 2.20. The molecule has 0 unspecified atom stereocenters. The maximum absolute atomic E-state index is 5.93. The quantitative estimate of drug-likeness (QED) is 0.843. The Hall–Kier alpha value is -1.06. The van der Waals surface area contributed by atoms with Gasteiger partial charge in [-0.05, 0) is 25.0 Å². The van der Waals surface area contributed by atoms with Crippen molar-refractivity contribution in [2.24, 2.45) is 5.73 Å². The van der Waals surface area contributed by atoms with E-state index in [0.717, 1.165) is 29.2 Å². The molecule has 15 heavy (non-hydrogen) atoms. The normalized spacial score (nSPS) is 18.3. The summed E-state index contributed by atoms with van der Waals surface area (Å²) in [4.78, 5) is 4.47. The second kappa shape index (κ2) is 2.97. The third-order valence-electron chi connectivity index (χ3n) is 3.21. The van der Waals surface area contributed by atoms with E-state index in [9.17, 15) is 0 Å². The molecule has 0 saturated heterocycles. The van der Waals surface area contributed by atoms with Crippen LogP contribution < -0.4 is 5.73 Å². The molecule has 3 nitrogen and oxygen atoms in total. The molecule has 2 heterocycles. The Morgan fingerprint density at radius 2 is 2.33 bits per heavy atom. The van der Waals surface area contributed by atoms with E-state index in [1.807, 2.05) is 24.5 Å². The van der Waals surface area contributed by atoms with Crippen LogP contribution in [0.2, 0.25) is 5.02 Å². The summed E-state index contributed by atoms with van der Waals surface area (Å²) in [5, 5.41) is 0.742. The number of halogens is 1. The molecule has 0 bridgehead atoms. The lowest BCUT2D eigenvalue weighted by atomic mass is 10.1. The van der Waals surface area contributed by atoms with E-state index in [2.05, 4.69) is 9.38 Å². The van der Waals surface area contributed by atoms with Gasteiger partial charge in [-0.2, -0.15) is 0 Å². The number of imidazole rings is 1. The molecular weight excluding hydrogens is 210 g/mol. The van der Waals surface area contributed by atoms with E-state index < -0.39 is 0 Å². The maximum Gasteiger partial charge on any atom is 0.120 e. The van der Waals surface area contributed by atoms with E-state index in [-0.39, 0.29) is 5.41 Å².